The van der Waals surface area contributed by atoms with E-state index >= 15 is 0 Å². The normalized spacial score (nSPS) is 15.5. The summed E-state index contributed by atoms with van der Waals surface area (Å²) in [5.41, 5.74) is 7.90. The number of nitrogens with zero attached hydrogens (tertiary/aromatic N) is 3. The Bertz CT molecular complexity index is 1080. The second-order valence-corrected chi connectivity index (χ2v) is 7.49. The highest BCUT2D eigenvalue weighted by Crippen LogP contribution is 2.29. The monoisotopic (exact) mass is 422 g/mol. The number of hydrogen-bond acceptors (Lipinski definition) is 6. The number of ether oxygens (including phenoxy) is 1. The number of primary amides is 1. The van der Waals surface area contributed by atoms with Crippen LogP contribution in [-0.2, 0) is 16.1 Å². The van der Waals surface area contributed by atoms with Gasteiger partial charge in [-0.3, -0.25) is 9.59 Å². The summed E-state index contributed by atoms with van der Waals surface area (Å²) in [6.07, 6.45) is 4.91. The maximum Gasteiger partial charge on any atom is 0.255 e. The number of nitrogens with two attached hydrogens (primary N) is 1. The molecule has 4 N–H and O–H groups in total. The number of nitrogens with one attached hydrogen (secondary N) is 2. The molecule has 2 amide bonds. The predicted molar refractivity (Wildman–Crippen MR) is 117 cm³/mol. The average Bonchev–Trinajstić information content (AvgIpc) is 3.22. The van der Waals surface area contributed by atoms with E-state index in [0.29, 0.717) is 42.2 Å². The Morgan fingerprint density at radius 3 is 2.65 bits per heavy atom. The van der Waals surface area contributed by atoms with Gasteiger partial charge in [0, 0.05) is 32.0 Å². The molecule has 1 saturated heterocycles. The molecule has 1 fully saturated rings. The third-order valence-electron chi connectivity index (χ3n) is 5.47. The van der Waals surface area contributed by atoms with Gasteiger partial charge in [0.25, 0.3) is 5.91 Å². The Hall–Kier alpha value is -3.46. The summed E-state index contributed by atoms with van der Waals surface area (Å²) in [6.45, 7) is 3.98. The molecule has 1 aromatic carbocycles. The lowest BCUT2D eigenvalue weighted by molar-refractivity contribution is -0.120. The minimum atomic E-state index is -0.946. The third kappa shape index (κ3) is 4.36. The lowest BCUT2D eigenvalue weighted by Gasteiger charge is -2.26. The topological polar surface area (TPSA) is 124 Å². The van der Waals surface area contributed by atoms with Gasteiger partial charge in [0.05, 0.1) is 22.8 Å². The van der Waals surface area contributed by atoms with Crippen molar-refractivity contribution < 1.29 is 14.3 Å². The molecule has 9 heteroatoms. The SMILES string of the molecule is CCn1ncc2c(NC3CCOCC3)c(C(=O)N[C@@H](C(N)=O)c3ccccc3)cnc21. The van der Waals surface area contributed by atoms with Crippen molar-refractivity contribution in [1.29, 1.82) is 0 Å². The Morgan fingerprint density at radius 1 is 1.23 bits per heavy atom. The van der Waals surface area contributed by atoms with Crippen LogP contribution >= 0.6 is 0 Å². The van der Waals surface area contributed by atoms with Gasteiger partial charge in [-0.2, -0.15) is 5.10 Å². The highest BCUT2D eigenvalue weighted by atomic mass is 16.5. The zero-order chi connectivity index (χ0) is 21.8. The summed E-state index contributed by atoms with van der Waals surface area (Å²) < 4.78 is 7.23. The van der Waals surface area contributed by atoms with E-state index in [1.807, 2.05) is 13.0 Å². The number of hydrogen-bond donors (Lipinski definition) is 3. The zero-order valence-electron chi connectivity index (χ0n) is 17.4. The second-order valence-electron chi connectivity index (χ2n) is 7.49. The van der Waals surface area contributed by atoms with E-state index in [9.17, 15) is 9.59 Å². The number of fused-ring (bicyclic) bond motifs is 1. The van der Waals surface area contributed by atoms with E-state index in [4.69, 9.17) is 10.5 Å². The fourth-order valence-corrected chi connectivity index (χ4v) is 3.80. The molecule has 3 heterocycles. The molecule has 0 aliphatic carbocycles. The number of carbonyl (C=O) groups excluding carboxylic acids is 2. The van der Waals surface area contributed by atoms with Crippen molar-refractivity contribution in [3.8, 4) is 0 Å². The molecule has 3 aromatic rings. The Morgan fingerprint density at radius 2 is 1.97 bits per heavy atom. The highest BCUT2D eigenvalue weighted by Gasteiger charge is 2.26. The number of benzene rings is 1. The summed E-state index contributed by atoms with van der Waals surface area (Å²) >= 11 is 0. The molecule has 1 atom stereocenters. The summed E-state index contributed by atoms with van der Waals surface area (Å²) in [6, 6.07) is 8.15. The van der Waals surface area contributed by atoms with Gasteiger partial charge in [0.2, 0.25) is 5.91 Å². The summed E-state index contributed by atoms with van der Waals surface area (Å²) in [7, 11) is 0. The van der Waals surface area contributed by atoms with Crippen molar-refractivity contribution in [2.24, 2.45) is 5.73 Å². The summed E-state index contributed by atoms with van der Waals surface area (Å²) in [4.78, 5) is 29.8. The molecule has 0 spiro atoms. The Balaban J connectivity index is 1.70. The third-order valence-corrected chi connectivity index (χ3v) is 5.47. The van der Waals surface area contributed by atoms with E-state index in [1.165, 1.54) is 6.20 Å². The fourth-order valence-electron chi connectivity index (χ4n) is 3.80. The van der Waals surface area contributed by atoms with Crippen LogP contribution in [0.5, 0.6) is 0 Å². The number of carbonyl (C=O) groups is 2. The van der Waals surface area contributed by atoms with Gasteiger partial charge in [0.1, 0.15) is 6.04 Å². The van der Waals surface area contributed by atoms with E-state index in [0.717, 1.165) is 18.2 Å². The van der Waals surface area contributed by atoms with Gasteiger partial charge in [-0.25, -0.2) is 9.67 Å². The first-order chi connectivity index (χ1) is 15.1. The van der Waals surface area contributed by atoms with E-state index in [2.05, 4.69) is 20.7 Å². The summed E-state index contributed by atoms with van der Waals surface area (Å²) in [5, 5.41) is 11.4. The fraction of sp³-hybridized carbons (Fsp3) is 0.364. The number of rotatable bonds is 7. The quantitative estimate of drug-likeness (QED) is 0.535. The van der Waals surface area contributed by atoms with Crippen LogP contribution in [0, 0.1) is 0 Å². The second kappa shape index (κ2) is 9.13. The number of anilines is 1. The Labute approximate surface area is 180 Å². The first kappa shape index (κ1) is 20.8. The Kier molecular flexibility index (Phi) is 6.13. The average molecular weight is 422 g/mol. The highest BCUT2D eigenvalue weighted by molar-refractivity contribution is 6.07. The van der Waals surface area contributed by atoms with Crippen molar-refractivity contribution >= 4 is 28.5 Å². The van der Waals surface area contributed by atoms with Crippen LogP contribution in [0.15, 0.2) is 42.7 Å². The van der Waals surface area contributed by atoms with Crippen LogP contribution in [0.4, 0.5) is 5.69 Å². The molecule has 0 radical (unpaired) electrons. The van der Waals surface area contributed by atoms with Crippen LogP contribution in [0.3, 0.4) is 0 Å². The minimum Gasteiger partial charge on any atom is -0.381 e. The van der Waals surface area contributed by atoms with Crippen LogP contribution in [0.1, 0.15) is 41.7 Å². The van der Waals surface area contributed by atoms with Crippen molar-refractivity contribution in [2.75, 3.05) is 18.5 Å². The van der Waals surface area contributed by atoms with Gasteiger partial charge in [-0.1, -0.05) is 30.3 Å². The van der Waals surface area contributed by atoms with Crippen molar-refractivity contribution in [3.63, 3.8) is 0 Å². The molecule has 31 heavy (non-hydrogen) atoms. The van der Waals surface area contributed by atoms with Crippen LogP contribution < -0.4 is 16.4 Å². The van der Waals surface area contributed by atoms with Crippen molar-refractivity contribution in [1.82, 2.24) is 20.1 Å². The maximum absolute atomic E-state index is 13.3. The molecule has 1 aliphatic rings. The van der Waals surface area contributed by atoms with Gasteiger partial charge < -0.3 is 21.1 Å². The van der Waals surface area contributed by atoms with E-state index < -0.39 is 17.9 Å². The molecule has 0 saturated carbocycles. The lowest BCUT2D eigenvalue weighted by Crippen LogP contribution is -2.38. The molecular weight excluding hydrogens is 396 g/mol. The molecule has 0 unspecified atom stereocenters. The van der Waals surface area contributed by atoms with E-state index in [1.54, 1.807) is 35.1 Å². The lowest BCUT2D eigenvalue weighted by atomic mass is 10.0. The van der Waals surface area contributed by atoms with Gasteiger partial charge in [-0.15, -0.1) is 0 Å². The molecule has 4 rings (SSSR count). The number of amides is 2. The van der Waals surface area contributed by atoms with Crippen molar-refractivity contribution in [2.45, 2.75) is 38.4 Å². The largest absolute Gasteiger partial charge is 0.381 e. The molecule has 2 aromatic heterocycles. The van der Waals surface area contributed by atoms with Gasteiger partial charge in [-0.05, 0) is 25.3 Å². The predicted octanol–water partition coefficient (Wildman–Crippen LogP) is 2.00. The first-order valence-corrected chi connectivity index (χ1v) is 10.4. The smallest absolute Gasteiger partial charge is 0.255 e. The first-order valence-electron chi connectivity index (χ1n) is 10.4. The van der Waals surface area contributed by atoms with Gasteiger partial charge >= 0.3 is 0 Å². The zero-order valence-corrected chi connectivity index (χ0v) is 17.4. The van der Waals surface area contributed by atoms with E-state index in [-0.39, 0.29) is 6.04 Å². The maximum atomic E-state index is 13.3. The molecule has 162 valence electrons. The standard InChI is InChI=1S/C22H26N6O3/c1-2-28-21-16(13-25-28)19(26-15-8-10-31-11-9-15)17(12-24-21)22(30)27-18(20(23)29)14-6-4-3-5-7-14/h3-7,12-13,15,18H,2,8-11H2,1H3,(H2,23,29)(H,24,26)(H,27,30)/t18-/m1/s1. The van der Waals surface area contributed by atoms with Crippen LogP contribution in [0.2, 0.25) is 0 Å². The molecule has 0 bridgehead atoms. The van der Waals surface area contributed by atoms with Crippen LogP contribution in [-0.4, -0.2) is 45.8 Å². The number of aryl methyl sites for hydroxylation is 1. The minimum absolute atomic E-state index is 0.164. The molecular formula is C22H26N6O3. The van der Waals surface area contributed by atoms with Gasteiger partial charge in [0.15, 0.2) is 5.65 Å². The number of pyridine rings is 1. The number of aromatic nitrogens is 3. The van der Waals surface area contributed by atoms with Crippen LogP contribution in [0.25, 0.3) is 11.0 Å². The molecule has 9 nitrogen and oxygen atoms in total. The van der Waals surface area contributed by atoms with Crippen molar-refractivity contribution in [3.05, 3.63) is 53.9 Å². The summed E-state index contributed by atoms with van der Waals surface area (Å²) in [5.74, 6) is -1.06. The molecule has 1 aliphatic heterocycles.